The van der Waals surface area contributed by atoms with Gasteiger partial charge < -0.3 is 9.80 Å². The lowest BCUT2D eigenvalue weighted by molar-refractivity contribution is 0.120. The zero-order chi connectivity index (χ0) is 23.4. The fourth-order valence-electron chi connectivity index (χ4n) is 5.18. The number of hydrogen-bond donors (Lipinski definition) is 1. The maximum atomic E-state index is 15.6. The van der Waals surface area contributed by atoms with Crippen LogP contribution < -0.4 is 4.72 Å². The molecule has 33 heavy (non-hydrogen) atoms. The van der Waals surface area contributed by atoms with Crippen LogP contribution in [0.5, 0.6) is 0 Å². The van der Waals surface area contributed by atoms with E-state index in [4.69, 9.17) is 0 Å². The van der Waals surface area contributed by atoms with E-state index in [1.807, 2.05) is 0 Å². The van der Waals surface area contributed by atoms with Gasteiger partial charge in [-0.15, -0.1) is 0 Å². The van der Waals surface area contributed by atoms with Gasteiger partial charge in [-0.05, 0) is 48.9 Å². The molecule has 9 heteroatoms. The van der Waals surface area contributed by atoms with Crippen molar-refractivity contribution in [2.45, 2.75) is 37.8 Å². The first kappa shape index (κ1) is 22.3. The number of urea groups is 1. The highest BCUT2D eigenvalue weighted by Crippen LogP contribution is 2.55. The van der Waals surface area contributed by atoms with Crippen molar-refractivity contribution in [3.05, 3.63) is 59.7 Å². The Morgan fingerprint density at radius 1 is 1.15 bits per heavy atom. The lowest BCUT2D eigenvalue weighted by atomic mass is 9.91. The summed E-state index contributed by atoms with van der Waals surface area (Å²) in [6.45, 7) is 1.83. The predicted molar refractivity (Wildman–Crippen MR) is 121 cm³/mol. The molecule has 3 aliphatic rings. The van der Waals surface area contributed by atoms with Crippen LogP contribution in [0.4, 0.5) is 13.6 Å². The lowest BCUT2D eigenvalue weighted by Crippen LogP contribution is -2.54. The summed E-state index contributed by atoms with van der Waals surface area (Å²) in [5.41, 5.74) is 0.782. The van der Waals surface area contributed by atoms with Gasteiger partial charge in [0.25, 0.3) is 0 Å². The Balaban J connectivity index is 1.51. The Morgan fingerprint density at radius 2 is 1.88 bits per heavy atom. The summed E-state index contributed by atoms with van der Waals surface area (Å²) in [5, 5.41) is 0. The first-order valence-electron chi connectivity index (χ1n) is 11.2. The minimum absolute atomic E-state index is 0.114. The van der Waals surface area contributed by atoms with Gasteiger partial charge in [0.15, 0.2) is 0 Å². The third-order valence-corrected chi connectivity index (χ3v) is 7.86. The minimum Gasteiger partial charge on any atom is -0.325 e. The molecule has 0 radical (unpaired) electrons. The van der Waals surface area contributed by atoms with E-state index in [2.05, 4.69) is 4.72 Å². The van der Waals surface area contributed by atoms with Crippen LogP contribution in [0.2, 0.25) is 0 Å². The van der Waals surface area contributed by atoms with E-state index in [0.29, 0.717) is 30.8 Å². The molecule has 0 bridgehead atoms. The number of halogens is 2. The smallest absolute Gasteiger partial charge is 0.320 e. The van der Waals surface area contributed by atoms with E-state index in [0.717, 1.165) is 25.5 Å². The summed E-state index contributed by atoms with van der Waals surface area (Å²) in [5.74, 6) is -0.929. The van der Waals surface area contributed by atoms with Gasteiger partial charge in [-0.1, -0.05) is 30.3 Å². The lowest BCUT2D eigenvalue weighted by Gasteiger charge is -2.37. The molecule has 6 nitrogen and oxygen atoms in total. The van der Waals surface area contributed by atoms with Crippen LogP contribution in [0.1, 0.15) is 24.8 Å². The van der Waals surface area contributed by atoms with E-state index in [1.165, 1.54) is 18.2 Å². The summed E-state index contributed by atoms with van der Waals surface area (Å²) in [7, 11) is -3.53. The molecule has 2 aromatic rings. The van der Waals surface area contributed by atoms with E-state index < -0.39 is 33.7 Å². The molecule has 1 saturated carbocycles. The van der Waals surface area contributed by atoms with Crippen LogP contribution in [-0.2, 0) is 16.4 Å². The van der Waals surface area contributed by atoms with Gasteiger partial charge >= 0.3 is 6.03 Å². The van der Waals surface area contributed by atoms with Crippen molar-refractivity contribution in [3.63, 3.8) is 0 Å². The minimum atomic E-state index is -3.53. The molecule has 0 aromatic heterocycles. The van der Waals surface area contributed by atoms with Crippen LogP contribution in [0, 0.1) is 17.0 Å². The van der Waals surface area contributed by atoms with Crippen LogP contribution in [0.15, 0.2) is 42.5 Å². The number of hydrogen-bond acceptors (Lipinski definition) is 3. The SMILES string of the molecule is CS(=O)(=O)N[C@H]1[C@@H](Cc2cccc(-c3cccc(F)c3)c2F)N(C(=O)N2CCC2)CC12CC2. The highest BCUT2D eigenvalue weighted by molar-refractivity contribution is 7.88. The molecule has 5 rings (SSSR count). The Hall–Kier alpha value is -2.52. The van der Waals surface area contributed by atoms with Gasteiger partial charge in [0, 0.05) is 36.7 Å². The number of benzene rings is 2. The second kappa shape index (κ2) is 8.06. The first-order valence-corrected chi connectivity index (χ1v) is 13.1. The van der Waals surface area contributed by atoms with Gasteiger partial charge in [0.2, 0.25) is 10.0 Å². The second-order valence-corrected chi connectivity index (χ2v) is 11.3. The number of nitrogens with zero attached hydrogens (tertiary/aromatic N) is 2. The molecule has 2 atom stereocenters. The highest BCUT2D eigenvalue weighted by Gasteiger charge is 2.61. The first-order chi connectivity index (χ1) is 15.7. The van der Waals surface area contributed by atoms with Crippen molar-refractivity contribution in [3.8, 4) is 11.1 Å². The van der Waals surface area contributed by atoms with Gasteiger partial charge in [-0.2, -0.15) is 0 Å². The number of nitrogens with one attached hydrogen (secondary N) is 1. The molecule has 1 N–H and O–H groups in total. The quantitative estimate of drug-likeness (QED) is 0.721. The number of carbonyl (C=O) groups is 1. The molecule has 0 unspecified atom stereocenters. The molecule has 1 spiro atoms. The summed E-state index contributed by atoms with van der Waals surface area (Å²) in [6.07, 6.45) is 3.89. The van der Waals surface area contributed by atoms with Crippen LogP contribution in [0.25, 0.3) is 11.1 Å². The predicted octanol–water partition coefficient (Wildman–Crippen LogP) is 3.38. The van der Waals surface area contributed by atoms with Crippen molar-refractivity contribution in [2.75, 3.05) is 25.9 Å². The molecule has 176 valence electrons. The van der Waals surface area contributed by atoms with Crippen molar-refractivity contribution in [1.82, 2.24) is 14.5 Å². The van der Waals surface area contributed by atoms with Crippen molar-refractivity contribution < 1.29 is 22.0 Å². The third kappa shape index (κ3) is 4.24. The summed E-state index contributed by atoms with van der Waals surface area (Å²) < 4.78 is 56.5. The Kier molecular flexibility index (Phi) is 5.44. The molecular weight excluding hydrogens is 448 g/mol. The monoisotopic (exact) mass is 475 g/mol. The maximum Gasteiger partial charge on any atom is 0.320 e. The van der Waals surface area contributed by atoms with Crippen LogP contribution in [-0.4, -0.2) is 62.2 Å². The Morgan fingerprint density at radius 3 is 2.48 bits per heavy atom. The van der Waals surface area contributed by atoms with Crippen LogP contribution in [0.3, 0.4) is 0 Å². The second-order valence-electron chi connectivity index (χ2n) is 9.54. The molecule has 2 aromatic carbocycles. The molecule has 1 aliphatic carbocycles. The third-order valence-electron chi connectivity index (χ3n) is 7.18. The summed E-state index contributed by atoms with van der Waals surface area (Å²) in [4.78, 5) is 16.7. The summed E-state index contributed by atoms with van der Waals surface area (Å²) in [6, 6.07) is 9.63. The van der Waals surface area contributed by atoms with Crippen molar-refractivity contribution in [1.29, 1.82) is 0 Å². The molecule has 2 amide bonds. The van der Waals surface area contributed by atoms with Gasteiger partial charge in [0.1, 0.15) is 11.6 Å². The van der Waals surface area contributed by atoms with Crippen LogP contribution >= 0.6 is 0 Å². The Bertz CT molecular complexity index is 1200. The normalized spacial score (nSPS) is 23.6. The molecular formula is C24H27F2N3O3S. The Labute approximate surface area is 192 Å². The summed E-state index contributed by atoms with van der Waals surface area (Å²) >= 11 is 0. The topological polar surface area (TPSA) is 69.7 Å². The van der Waals surface area contributed by atoms with Crippen molar-refractivity contribution >= 4 is 16.1 Å². The van der Waals surface area contributed by atoms with E-state index >= 15 is 4.39 Å². The fourth-order valence-corrected chi connectivity index (χ4v) is 6.04. The number of sulfonamides is 1. The number of carbonyl (C=O) groups excluding carboxylic acids is 1. The maximum absolute atomic E-state index is 15.6. The van der Waals surface area contributed by atoms with Gasteiger partial charge in [0.05, 0.1) is 12.3 Å². The number of likely N-dealkylation sites (tertiary alicyclic amines) is 2. The average Bonchev–Trinajstić information content (AvgIpc) is 3.43. The standard InChI is InChI=1S/C24H27F2N3O3S/c1-33(31,32)27-22-20(29(15-24(22)9-10-24)23(30)28-11-4-12-28)14-17-6-3-8-19(21(17)26)16-5-2-7-18(25)13-16/h2-3,5-8,13,20,22,27H,4,9-12,14-15H2,1H3/t20-,22+/m1/s1. The number of rotatable bonds is 5. The zero-order valence-electron chi connectivity index (χ0n) is 18.4. The molecule has 2 heterocycles. The molecule has 2 saturated heterocycles. The highest BCUT2D eigenvalue weighted by atomic mass is 32.2. The number of amides is 2. The molecule has 3 fully saturated rings. The van der Waals surface area contributed by atoms with Crippen molar-refractivity contribution in [2.24, 2.45) is 5.41 Å². The van der Waals surface area contributed by atoms with E-state index in [-0.39, 0.29) is 23.4 Å². The van der Waals surface area contributed by atoms with E-state index in [1.54, 1.807) is 34.1 Å². The largest absolute Gasteiger partial charge is 0.325 e. The zero-order valence-corrected chi connectivity index (χ0v) is 19.2. The fraction of sp³-hybridized carbons (Fsp3) is 0.458. The van der Waals surface area contributed by atoms with Gasteiger partial charge in [-0.3, -0.25) is 0 Å². The average molecular weight is 476 g/mol. The van der Waals surface area contributed by atoms with Gasteiger partial charge in [-0.25, -0.2) is 26.7 Å². The molecule has 2 aliphatic heterocycles. The van der Waals surface area contributed by atoms with E-state index in [9.17, 15) is 17.6 Å².